The van der Waals surface area contributed by atoms with Gasteiger partial charge in [-0.15, -0.1) is 0 Å². The van der Waals surface area contributed by atoms with E-state index in [4.69, 9.17) is 29.9 Å². The van der Waals surface area contributed by atoms with Crippen LogP contribution in [-0.4, -0.2) is 50.9 Å². The van der Waals surface area contributed by atoms with Crippen LogP contribution in [0.15, 0.2) is 91.0 Å². The molecule has 5 heterocycles. The smallest absolute Gasteiger partial charge is 0.336 e. The maximum atomic E-state index is 12.3. The molecule has 3 aromatic heterocycles. The van der Waals surface area contributed by atoms with Gasteiger partial charge in [-0.3, -0.25) is 0 Å². The summed E-state index contributed by atoms with van der Waals surface area (Å²) in [6.07, 6.45) is 0. The molecule has 7 aromatic rings. The second-order valence-corrected chi connectivity index (χ2v) is 10.3. The van der Waals surface area contributed by atoms with Gasteiger partial charge in [0.05, 0.1) is 5.56 Å². The van der Waals surface area contributed by atoms with Gasteiger partial charge in [0.2, 0.25) is 0 Å². The van der Waals surface area contributed by atoms with Crippen molar-refractivity contribution in [1.29, 1.82) is 0 Å². The van der Waals surface area contributed by atoms with Crippen LogP contribution < -0.4 is 0 Å². The van der Waals surface area contributed by atoms with Gasteiger partial charge in [0.15, 0.2) is 23.3 Å². The number of rotatable bonds is 1. The fourth-order valence-electron chi connectivity index (χ4n) is 5.87. The number of H-pyrrole nitrogens is 2. The molecule has 0 saturated carbocycles. The quantitative estimate of drug-likeness (QED) is 0.171. The van der Waals surface area contributed by atoms with Crippen LogP contribution in [0, 0.1) is 0 Å². The number of nitrogens with one attached hydrogen (secondary N) is 2. The third-order valence-corrected chi connectivity index (χ3v) is 7.81. The summed E-state index contributed by atoms with van der Waals surface area (Å²) in [7, 11) is 0. The summed E-state index contributed by atoms with van der Waals surface area (Å²) < 4.78 is 0. The molecule has 0 unspecified atom stereocenters. The van der Waals surface area contributed by atoms with Crippen LogP contribution in [0.3, 0.4) is 0 Å². The molecular formula is C33H18N8O2Os. The molecule has 44 heavy (non-hydrogen) atoms. The van der Waals surface area contributed by atoms with Gasteiger partial charge in [0.25, 0.3) is 0 Å². The number of hydrogen-bond donors (Lipinski definition) is 3. The van der Waals surface area contributed by atoms with Gasteiger partial charge in [-0.2, -0.15) is 0 Å². The zero-order valence-electron chi connectivity index (χ0n) is 22.6. The van der Waals surface area contributed by atoms with Crippen molar-refractivity contribution >= 4 is 50.1 Å². The summed E-state index contributed by atoms with van der Waals surface area (Å²) >= 11 is 0. The Hall–Kier alpha value is -5.65. The second-order valence-electron chi connectivity index (χ2n) is 10.3. The number of fused-ring (bicyclic) bond motifs is 20. The number of carbonyl (C=O) groups is 1. The molecular weight excluding hydrogens is 731 g/mol. The summed E-state index contributed by atoms with van der Waals surface area (Å²) in [5.74, 6) is 0.791. The number of carboxylic acid groups (broad SMARTS) is 1. The Balaban J connectivity index is 0.00000289. The van der Waals surface area contributed by atoms with E-state index in [1.807, 2.05) is 78.9 Å². The predicted octanol–water partition coefficient (Wildman–Crippen LogP) is 6.56. The molecule has 0 aliphatic carbocycles. The topological polar surface area (TPSA) is 146 Å². The Morgan fingerprint density at radius 1 is 0.477 bits per heavy atom. The van der Waals surface area contributed by atoms with Gasteiger partial charge >= 0.3 is 5.97 Å². The SMILES string of the molecule is O=C(O)c1cccc2c3nc4nc(nc5[nH]c(nc6nc(nc([nH]3)c12)-c1ccccc1-6)c1ccccc51)-c1ccccc1-4.[Os]. The average Bonchev–Trinajstić information content (AvgIpc) is 3.76. The molecule has 2 aliphatic rings. The standard InChI is InChI=1S/C33H18N8O2.Os/c42-33(43)23-15-7-14-22-24(23)32-40-30-21-13-6-5-12-20(21)28(38-30)36-26-17-9-2-1-8-16(17)25(34-26)35-27-18-10-3-4-11-19(18)29(37-27)39-31(22)41-32;/h1-15H,(H,42,43)(H2,34,35,36,37,38,39,40,41);. The summed E-state index contributed by atoms with van der Waals surface area (Å²) in [4.78, 5) is 48.5. The molecule has 0 fully saturated rings. The first-order chi connectivity index (χ1) is 21.1. The Morgan fingerprint density at radius 3 is 1.34 bits per heavy atom. The van der Waals surface area contributed by atoms with E-state index in [0.29, 0.717) is 56.7 Å². The van der Waals surface area contributed by atoms with E-state index < -0.39 is 5.97 Å². The third kappa shape index (κ3) is 3.80. The van der Waals surface area contributed by atoms with E-state index in [2.05, 4.69) is 9.97 Å². The van der Waals surface area contributed by atoms with Crippen molar-refractivity contribution in [3.63, 3.8) is 0 Å². The number of hydrogen-bond acceptors (Lipinski definition) is 7. The van der Waals surface area contributed by atoms with E-state index in [-0.39, 0.29) is 25.4 Å². The van der Waals surface area contributed by atoms with Gasteiger partial charge in [0.1, 0.15) is 22.6 Å². The Kier molecular flexibility index (Phi) is 5.73. The molecule has 0 atom stereocenters. The number of aromatic nitrogens is 8. The number of aromatic amines is 2. The molecule has 0 spiro atoms. The molecule has 11 heteroatoms. The van der Waals surface area contributed by atoms with Crippen LogP contribution in [0.4, 0.5) is 0 Å². The number of nitrogens with zero attached hydrogens (tertiary/aromatic N) is 6. The first kappa shape index (κ1) is 26.0. The van der Waals surface area contributed by atoms with Crippen molar-refractivity contribution in [2.45, 2.75) is 0 Å². The molecule has 0 radical (unpaired) electrons. The minimum absolute atomic E-state index is 0. The van der Waals surface area contributed by atoms with Crippen molar-refractivity contribution in [2.75, 3.05) is 0 Å². The summed E-state index contributed by atoms with van der Waals surface area (Å²) in [6, 6.07) is 28.5. The van der Waals surface area contributed by atoms with Gasteiger partial charge in [-0.25, -0.2) is 34.7 Å². The van der Waals surface area contributed by atoms with Crippen molar-refractivity contribution in [3.8, 4) is 45.6 Å². The zero-order valence-corrected chi connectivity index (χ0v) is 25.1. The van der Waals surface area contributed by atoms with Gasteiger partial charge in [-0.1, -0.05) is 84.9 Å². The first-order valence-electron chi connectivity index (χ1n) is 13.6. The zero-order chi connectivity index (χ0) is 28.7. The number of benzene rings is 4. The molecule has 9 rings (SSSR count). The summed E-state index contributed by atoms with van der Waals surface area (Å²) in [6.45, 7) is 0. The molecule has 8 bridgehead atoms. The van der Waals surface area contributed by atoms with Crippen LogP contribution in [0.2, 0.25) is 0 Å². The molecule has 2 aliphatic heterocycles. The maximum absolute atomic E-state index is 12.3. The summed E-state index contributed by atoms with van der Waals surface area (Å²) in [5, 5.41) is 12.9. The van der Waals surface area contributed by atoms with Crippen LogP contribution in [-0.2, 0) is 19.8 Å². The van der Waals surface area contributed by atoms with E-state index in [1.165, 1.54) is 0 Å². The molecule has 0 amide bonds. The van der Waals surface area contributed by atoms with Crippen LogP contribution in [0.25, 0.3) is 89.7 Å². The van der Waals surface area contributed by atoms with Crippen LogP contribution >= 0.6 is 0 Å². The fraction of sp³-hybridized carbons (Fsp3) is 0. The normalized spacial score (nSPS) is 11.6. The van der Waals surface area contributed by atoms with E-state index in [1.54, 1.807) is 12.1 Å². The van der Waals surface area contributed by atoms with E-state index in [9.17, 15) is 9.90 Å². The second kappa shape index (κ2) is 9.69. The first-order valence-corrected chi connectivity index (χ1v) is 13.6. The van der Waals surface area contributed by atoms with Crippen LogP contribution in [0.1, 0.15) is 10.4 Å². The minimum atomic E-state index is -1.07. The predicted molar refractivity (Wildman–Crippen MR) is 163 cm³/mol. The Labute approximate surface area is 261 Å². The monoisotopic (exact) mass is 750 g/mol. The molecule has 210 valence electrons. The van der Waals surface area contributed by atoms with Gasteiger partial charge in [0, 0.05) is 63.6 Å². The molecule has 3 N–H and O–H groups in total. The maximum Gasteiger partial charge on any atom is 0.336 e. The van der Waals surface area contributed by atoms with Gasteiger partial charge in [-0.05, 0) is 6.07 Å². The molecule has 0 saturated heterocycles. The van der Waals surface area contributed by atoms with Crippen molar-refractivity contribution in [3.05, 3.63) is 96.6 Å². The van der Waals surface area contributed by atoms with E-state index in [0.717, 1.165) is 33.0 Å². The molecule has 4 aromatic carbocycles. The van der Waals surface area contributed by atoms with Crippen molar-refractivity contribution in [1.82, 2.24) is 39.9 Å². The van der Waals surface area contributed by atoms with Gasteiger partial charge < -0.3 is 15.1 Å². The number of carboxylic acids is 1. The Morgan fingerprint density at radius 2 is 0.864 bits per heavy atom. The summed E-state index contributed by atoms with van der Waals surface area (Å²) in [5.41, 5.74) is 5.36. The average molecular weight is 749 g/mol. The van der Waals surface area contributed by atoms with Crippen LogP contribution in [0.5, 0.6) is 0 Å². The van der Waals surface area contributed by atoms with E-state index >= 15 is 0 Å². The number of aromatic carboxylic acids is 1. The van der Waals surface area contributed by atoms with Crippen molar-refractivity contribution < 1.29 is 29.7 Å². The van der Waals surface area contributed by atoms with Crippen molar-refractivity contribution in [2.24, 2.45) is 0 Å². The fourth-order valence-corrected chi connectivity index (χ4v) is 5.87. The largest absolute Gasteiger partial charge is 0.478 e. The third-order valence-electron chi connectivity index (χ3n) is 7.81. The molecule has 10 nitrogen and oxygen atoms in total. The minimum Gasteiger partial charge on any atom is -0.478 e. The Bertz CT molecular complexity index is 2510.